The van der Waals surface area contributed by atoms with Gasteiger partial charge in [-0.15, -0.1) is 0 Å². The summed E-state index contributed by atoms with van der Waals surface area (Å²) in [5.74, 6) is -0.188. The topological polar surface area (TPSA) is 12.0 Å². The summed E-state index contributed by atoms with van der Waals surface area (Å²) in [7, 11) is 1.85. The van der Waals surface area contributed by atoms with Gasteiger partial charge in [-0.05, 0) is 44.2 Å². The number of nitrogens with one attached hydrogen (secondary N) is 1. The van der Waals surface area contributed by atoms with E-state index in [0.29, 0.717) is 17.0 Å². The zero-order chi connectivity index (χ0) is 9.84. The summed E-state index contributed by atoms with van der Waals surface area (Å²) in [6.07, 6.45) is 0.656. The molecule has 1 unspecified atom stereocenters. The van der Waals surface area contributed by atoms with Gasteiger partial charge in [0.25, 0.3) is 0 Å². The number of likely N-dealkylation sites (N-methyl/N-ethyl adjacent to an activating group) is 1. The van der Waals surface area contributed by atoms with Crippen LogP contribution in [0.2, 0.25) is 5.02 Å². The molecule has 1 aromatic rings. The van der Waals surface area contributed by atoms with Crippen molar-refractivity contribution < 1.29 is 4.39 Å². The monoisotopic (exact) mass is 201 g/mol. The molecule has 0 saturated heterocycles. The van der Waals surface area contributed by atoms with Crippen LogP contribution in [0.3, 0.4) is 0 Å². The first-order chi connectivity index (χ1) is 6.13. The van der Waals surface area contributed by atoms with Gasteiger partial charge in [0.2, 0.25) is 0 Å². The highest BCUT2D eigenvalue weighted by atomic mass is 35.5. The summed E-state index contributed by atoms with van der Waals surface area (Å²) in [6, 6.07) is 4.89. The summed E-state index contributed by atoms with van der Waals surface area (Å²) >= 11 is 5.76. The van der Waals surface area contributed by atoms with Crippen LogP contribution in [0.1, 0.15) is 12.5 Å². The second-order valence-corrected chi connectivity index (χ2v) is 3.57. The lowest BCUT2D eigenvalue weighted by Crippen LogP contribution is -2.23. The summed E-state index contributed by atoms with van der Waals surface area (Å²) in [5.41, 5.74) is 0.661. The molecule has 13 heavy (non-hydrogen) atoms. The minimum Gasteiger partial charge on any atom is -0.317 e. The molecule has 0 spiro atoms. The Balaban J connectivity index is 2.81. The Labute approximate surface area is 82.9 Å². The number of benzene rings is 1. The van der Waals surface area contributed by atoms with Gasteiger partial charge in [-0.2, -0.15) is 0 Å². The molecular formula is C10H13ClFN. The SMILES string of the molecule is CNC(C)Cc1cc(Cl)ccc1F. The van der Waals surface area contributed by atoms with E-state index in [2.05, 4.69) is 5.32 Å². The zero-order valence-electron chi connectivity index (χ0n) is 7.77. The molecule has 0 bridgehead atoms. The molecule has 72 valence electrons. The van der Waals surface area contributed by atoms with Gasteiger partial charge in [-0.3, -0.25) is 0 Å². The highest BCUT2D eigenvalue weighted by Crippen LogP contribution is 2.16. The Morgan fingerprint density at radius 2 is 2.23 bits per heavy atom. The lowest BCUT2D eigenvalue weighted by Gasteiger charge is -2.10. The fraction of sp³-hybridized carbons (Fsp3) is 0.400. The van der Waals surface area contributed by atoms with E-state index in [4.69, 9.17) is 11.6 Å². The smallest absolute Gasteiger partial charge is 0.126 e. The molecule has 0 amide bonds. The third-order valence-corrected chi connectivity index (χ3v) is 2.26. The standard InChI is InChI=1S/C10H13ClFN/c1-7(13-2)5-8-6-9(11)3-4-10(8)12/h3-4,6-7,13H,5H2,1-2H3. The molecular weight excluding hydrogens is 189 g/mol. The van der Waals surface area contributed by atoms with E-state index in [-0.39, 0.29) is 11.9 Å². The molecule has 1 nitrogen and oxygen atoms in total. The lowest BCUT2D eigenvalue weighted by molar-refractivity contribution is 0.564. The van der Waals surface area contributed by atoms with E-state index in [1.807, 2.05) is 14.0 Å². The van der Waals surface area contributed by atoms with Crippen LogP contribution in [0.4, 0.5) is 4.39 Å². The predicted molar refractivity (Wildman–Crippen MR) is 53.6 cm³/mol. The maximum absolute atomic E-state index is 13.2. The largest absolute Gasteiger partial charge is 0.317 e. The predicted octanol–water partition coefficient (Wildman–Crippen LogP) is 2.63. The van der Waals surface area contributed by atoms with Crippen molar-refractivity contribution in [1.82, 2.24) is 5.32 Å². The van der Waals surface area contributed by atoms with E-state index >= 15 is 0 Å². The quantitative estimate of drug-likeness (QED) is 0.793. The van der Waals surface area contributed by atoms with Gasteiger partial charge in [0.1, 0.15) is 5.82 Å². The maximum atomic E-state index is 13.2. The highest BCUT2D eigenvalue weighted by molar-refractivity contribution is 6.30. The first kappa shape index (κ1) is 10.5. The molecule has 0 aliphatic rings. The van der Waals surface area contributed by atoms with Crippen LogP contribution in [0, 0.1) is 5.82 Å². The van der Waals surface area contributed by atoms with Crippen LogP contribution < -0.4 is 5.32 Å². The van der Waals surface area contributed by atoms with Gasteiger partial charge in [0.15, 0.2) is 0 Å². The second-order valence-electron chi connectivity index (χ2n) is 3.13. The molecule has 1 rings (SSSR count). The van der Waals surface area contributed by atoms with E-state index in [1.54, 1.807) is 12.1 Å². The van der Waals surface area contributed by atoms with E-state index in [1.165, 1.54) is 6.07 Å². The van der Waals surface area contributed by atoms with Crippen LogP contribution in [0.5, 0.6) is 0 Å². The maximum Gasteiger partial charge on any atom is 0.126 e. The van der Waals surface area contributed by atoms with Gasteiger partial charge < -0.3 is 5.32 Å². The third-order valence-electron chi connectivity index (χ3n) is 2.03. The van der Waals surface area contributed by atoms with Crippen LogP contribution in [0.15, 0.2) is 18.2 Å². The summed E-state index contributed by atoms with van der Waals surface area (Å²) in [6.45, 7) is 2.00. The van der Waals surface area contributed by atoms with Crippen LogP contribution >= 0.6 is 11.6 Å². The van der Waals surface area contributed by atoms with Crippen molar-refractivity contribution in [3.05, 3.63) is 34.6 Å². The van der Waals surface area contributed by atoms with Gasteiger partial charge in [-0.25, -0.2) is 4.39 Å². The number of rotatable bonds is 3. The normalized spacial score (nSPS) is 12.9. The number of halogens is 2. The molecule has 0 aromatic heterocycles. The number of hydrogen-bond acceptors (Lipinski definition) is 1. The third kappa shape index (κ3) is 2.98. The van der Waals surface area contributed by atoms with Crippen molar-refractivity contribution in [2.24, 2.45) is 0 Å². The molecule has 1 atom stereocenters. The van der Waals surface area contributed by atoms with Crippen LogP contribution in [-0.2, 0) is 6.42 Å². The average Bonchev–Trinajstić information content (AvgIpc) is 2.11. The Morgan fingerprint density at radius 1 is 1.54 bits per heavy atom. The molecule has 0 aliphatic carbocycles. The molecule has 1 aromatic carbocycles. The summed E-state index contributed by atoms with van der Waals surface area (Å²) < 4.78 is 13.2. The van der Waals surface area contributed by atoms with Crippen molar-refractivity contribution in [1.29, 1.82) is 0 Å². The molecule has 0 radical (unpaired) electrons. The molecule has 0 heterocycles. The molecule has 0 fully saturated rings. The first-order valence-electron chi connectivity index (χ1n) is 4.24. The van der Waals surface area contributed by atoms with Gasteiger partial charge >= 0.3 is 0 Å². The van der Waals surface area contributed by atoms with Crippen molar-refractivity contribution in [3.63, 3.8) is 0 Å². The van der Waals surface area contributed by atoms with Crippen molar-refractivity contribution in [2.75, 3.05) is 7.05 Å². The minimum atomic E-state index is -0.188. The molecule has 0 saturated carbocycles. The molecule has 1 N–H and O–H groups in total. The fourth-order valence-electron chi connectivity index (χ4n) is 1.13. The Hall–Kier alpha value is -0.600. The molecule has 3 heteroatoms. The zero-order valence-corrected chi connectivity index (χ0v) is 8.53. The summed E-state index contributed by atoms with van der Waals surface area (Å²) in [5, 5.41) is 3.63. The van der Waals surface area contributed by atoms with Crippen molar-refractivity contribution in [2.45, 2.75) is 19.4 Å². The van der Waals surface area contributed by atoms with Crippen LogP contribution in [0.25, 0.3) is 0 Å². The van der Waals surface area contributed by atoms with Crippen LogP contribution in [-0.4, -0.2) is 13.1 Å². The van der Waals surface area contributed by atoms with E-state index in [9.17, 15) is 4.39 Å². The van der Waals surface area contributed by atoms with E-state index < -0.39 is 0 Å². The summed E-state index contributed by atoms with van der Waals surface area (Å²) in [4.78, 5) is 0. The molecule has 0 aliphatic heterocycles. The van der Waals surface area contributed by atoms with Crippen molar-refractivity contribution >= 4 is 11.6 Å². The Bertz CT molecular complexity index is 288. The lowest BCUT2D eigenvalue weighted by atomic mass is 10.1. The average molecular weight is 202 g/mol. The van der Waals surface area contributed by atoms with E-state index in [0.717, 1.165) is 0 Å². The van der Waals surface area contributed by atoms with Gasteiger partial charge in [0.05, 0.1) is 0 Å². The Morgan fingerprint density at radius 3 is 2.85 bits per heavy atom. The van der Waals surface area contributed by atoms with Gasteiger partial charge in [-0.1, -0.05) is 11.6 Å². The minimum absolute atomic E-state index is 0.188. The van der Waals surface area contributed by atoms with Crippen molar-refractivity contribution in [3.8, 4) is 0 Å². The highest BCUT2D eigenvalue weighted by Gasteiger charge is 2.06. The first-order valence-corrected chi connectivity index (χ1v) is 4.62. The Kier molecular flexibility index (Phi) is 3.70. The number of hydrogen-bond donors (Lipinski definition) is 1. The van der Waals surface area contributed by atoms with Gasteiger partial charge in [0, 0.05) is 11.1 Å². The fourth-order valence-corrected chi connectivity index (χ4v) is 1.33. The second kappa shape index (κ2) is 4.58.